The molecule has 0 aliphatic carbocycles. The summed E-state index contributed by atoms with van der Waals surface area (Å²) in [5, 5.41) is 12.3. The van der Waals surface area contributed by atoms with Crippen LogP contribution >= 0.6 is 0 Å². The monoisotopic (exact) mass is 298 g/mol. The topological polar surface area (TPSA) is 87.1 Å². The molecular weight excluding hydrogens is 280 g/mol. The van der Waals surface area contributed by atoms with Crippen molar-refractivity contribution in [2.24, 2.45) is 0 Å². The van der Waals surface area contributed by atoms with E-state index in [0.717, 1.165) is 22.6 Å². The van der Waals surface area contributed by atoms with Gasteiger partial charge in [-0.25, -0.2) is 5.48 Å². The molecule has 1 amide bonds. The van der Waals surface area contributed by atoms with Crippen molar-refractivity contribution in [3.63, 3.8) is 0 Å². The normalized spacial score (nSPS) is 18.5. The average Bonchev–Trinajstić information content (AvgIpc) is 2.79. The van der Waals surface area contributed by atoms with E-state index in [4.69, 9.17) is 5.21 Å². The van der Waals surface area contributed by atoms with Gasteiger partial charge in [0.1, 0.15) is 0 Å². The number of rotatable bonds is 2. The predicted molar refractivity (Wildman–Crippen MR) is 81.9 cm³/mol. The van der Waals surface area contributed by atoms with Crippen molar-refractivity contribution in [3.8, 4) is 0 Å². The van der Waals surface area contributed by atoms with Crippen LogP contribution in [0.1, 0.15) is 47.2 Å². The zero-order valence-corrected chi connectivity index (χ0v) is 12.7. The molecule has 2 heterocycles. The minimum Gasteiger partial charge on any atom is -0.375 e. The van der Waals surface area contributed by atoms with Gasteiger partial charge in [0.25, 0.3) is 5.91 Å². The fourth-order valence-electron chi connectivity index (χ4n) is 2.97. The molecule has 0 saturated carbocycles. The minimum atomic E-state index is -0.532. The van der Waals surface area contributed by atoms with Crippen LogP contribution in [0.15, 0.2) is 30.6 Å². The van der Waals surface area contributed by atoms with Gasteiger partial charge in [-0.1, -0.05) is 26.0 Å². The molecule has 6 nitrogen and oxygen atoms in total. The Hall–Kier alpha value is -2.47. The zero-order valence-electron chi connectivity index (χ0n) is 12.7. The summed E-state index contributed by atoms with van der Waals surface area (Å²) >= 11 is 0. The van der Waals surface area contributed by atoms with E-state index in [-0.39, 0.29) is 11.5 Å². The second kappa shape index (κ2) is 5.06. The molecule has 0 radical (unpaired) electrons. The molecule has 1 atom stereocenters. The Morgan fingerprint density at radius 3 is 2.73 bits per heavy atom. The molecule has 6 heteroatoms. The quantitative estimate of drug-likeness (QED) is 0.585. The maximum Gasteiger partial charge on any atom is 0.276 e. The van der Waals surface area contributed by atoms with E-state index in [1.165, 1.54) is 0 Å². The molecular formula is C16H18N4O2. The fourth-order valence-corrected chi connectivity index (χ4v) is 2.97. The van der Waals surface area contributed by atoms with Crippen LogP contribution in [0.2, 0.25) is 0 Å². The van der Waals surface area contributed by atoms with Gasteiger partial charge in [-0.2, -0.15) is 0 Å². The van der Waals surface area contributed by atoms with E-state index in [0.29, 0.717) is 5.56 Å². The number of anilines is 1. The Kier molecular flexibility index (Phi) is 3.33. The Labute approximate surface area is 128 Å². The highest BCUT2D eigenvalue weighted by Crippen LogP contribution is 2.48. The van der Waals surface area contributed by atoms with Gasteiger partial charge in [-0.05, 0) is 18.6 Å². The van der Waals surface area contributed by atoms with Crippen molar-refractivity contribution in [3.05, 3.63) is 53.1 Å². The number of hydroxylamine groups is 1. The molecule has 3 rings (SSSR count). The van der Waals surface area contributed by atoms with Gasteiger partial charge in [0.15, 0.2) is 0 Å². The van der Waals surface area contributed by atoms with Crippen molar-refractivity contribution in [1.29, 1.82) is 0 Å². The van der Waals surface area contributed by atoms with Crippen LogP contribution in [0.4, 0.5) is 5.69 Å². The number of carbonyl (C=O) groups excluding carboxylic acids is 1. The highest BCUT2D eigenvalue weighted by molar-refractivity contribution is 6.00. The van der Waals surface area contributed by atoms with Crippen LogP contribution in [0, 0.1) is 6.92 Å². The van der Waals surface area contributed by atoms with Gasteiger partial charge in [0, 0.05) is 11.6 Å². The lowest BCUT2D eigenvalue weighted by Crippen LogP contribution is -2.26. The van der Waals surface area contributed by atoms with Crippen molar-refractivity contribution in [1.82, 2.24) is 15.4 Å². The molecule has 0 saturated heterocycles. The number of nitrogens with zero attached hydrogens (tertiary/aromatic N) is 2. The number of para-hydroxylation sites is 1. The standard InChI is InChI=1S/C16H18N4O2/c1-9-7-18-12(8-17-9)14-16(2,3)11-6-4-5-10(13(11)19-14)15(21)20-22/h4-8,14,19,22H,1-3H3,(H,20,21)/t14-/m0/s1. The second-order valence-corrected chi connectivity index (χ2v) is 6.05. The third-order valence-electron chi connectivity index (χ3n) is 4.21. The van der Waals surface area contributed by atoms with Gasteiger partial charge in [-0.3, -0.25) is 20.0 Å². The van der Waals surface area contributed by atoms with Gasteiger partial charge < -0.3 is 5.32 Å². The maximum absolute atomic E-state index is 11.8. The van der Waals surface area contributed by atoms with Gasteiger partial charge in [0.2, 0.25) is 0 Å². The Morgan fingerprint density at radius 2 is 2.09 bits per heavy atom. The van der Waals surface area contributed by atoms with Crippen molar-refractivity contribution in [2.45, 2.75) is 32.2 Å². The van der Waals surface area contributed by atoms with Gasteiger partial charge in [-0.15, -0.1) is 0 Å². The summed E-state index contributed by atoms with van der Waals surface area (Å²) in [6, 6.07) is 5.38. The number of hydrogen-bond acceptors (Lipinski definition) is 5. The van der Waals surface area contributed by atoms with Crippen LogP contribution in [-0.2, 0) is 5.41 Å². The zero-order chi connectivity index (χ0) is 15.9. The summed E-state index contributed by atoms with van der Waals surface area (Å²) in [5.41, 5.74) is 5.27. The van der Waals surface area contributed by atoms with Gasteiger partial charge >= 0.3 is 0 Å². The largest absolute Gasteiger partial charge is 0.375 e. The first-order chi connectivity index (χ1) is 10.4. The Balaban J connectivity index is 2.08. The lowest BCUT2D eigenvalue weighted by atomic mass is 9.79. The molecule has 1 aromatic carbocycles. The second-order valence-electron chi connectivity index (χ2n) is 6.05. The molecule has 3 N–H and O–H groups in total. The molecule has 0 unspecified atom stereocenters. The first kappa shape index (κ1) is 14.5. The highest BCUT2D eigenvalue weighted by Gasteiger charge is 2.42. The Bertz CT molecular complexity index is 725. The number of hydrogen-bond donors (Lipinski definition) is 3. The van der Waals surface area contributed by atoms with Crippen LogP contribution in [0.5, 0.6) is 0 Å². The predicted octanol–water partition coefficient (Wildman–Crippen LogP) is 2.35. The SMILES string of the molecule is Cc1cnc([C@@H]2Nc3c(C(=O)NO)cccc3C2(C)C)cn1. The third kappa shape index (κ3) is 2.12. The fraction of sp³-hybridized carbons (Fsp3) is 0.312. The molecule has 1 aliphatic rings. The lowest BCUT2D eigenvalue weighted by Gasteiger charge is -2.26. The number of aryl methyl sites for hydroxylation is 1. The van der Waals surface area contributed by atoms with E-state index in [9.17, 15) is 4.79 Å². The van der Waals surface area contributed by atoms with Crippen molar-refractivity contribution < 1.29 is 10.0 Å². The van der Waals surface area contributed by atoms with Crippen molar-refractivity contribution >= 4 is 11.6 Å². The van der Waals surface area contributed by atoms with Crippen LogP contribution in [0.25, 0.3) is 0 Å². The van der Waals surface area contributed by atoms with Crippen LogP contribution < -0.4 is 10.8 Å². The smallest absolute Gasteiger partial charge is 0.276 e. The number of nitrogens with one attached hydrogen (secondary N) is 2. The highest BCUT2D eigenvalue weighted by atomic mass is 16.5. The van der Waals surface area contributed by atoms with E-state index >= 15 is 0 Å². The molecule has 114 valence electrons. The lowest BCUT2D eigenvalue weighted by molar-refractivity contribution is 0.0707. The number of amides is 1. The Morgan fingerprint density at radius 1 is 1.32 bits per heavy atom. The number of benzene rings is 1. The van der Waals surface area contributed by atoms with Crippen molar-refractivity contribution in [2.75, 3.05) is 5.32 Å². The van der Waals surface area contributed by atoms with E-state index in [1.807, 2.05) is 19.1 Å². The van der Waals surface area contributed by atoms with E-state index in [1.54, 1.807) is 23.9 Å². The summed E-state index contributed by atoms with van der Waals surface area (Å²) in [6.07, 6.45) is 3.49. The van der Waals surface area contributed by atoms with E-state index < -0.39 is 5.91 Å². The summed E-state index contributed by atoms with van der Waals surface area (Å²) in [6.45, 7) is 6.08. The molecule has 22 heavy (non-hydrogen) atoms. The summed E-state index contributed by atoms with van der Waals surface area (Å²) in [7, 11) is 0. The van der Waals surface area contributed by atoms with Crippen LogP contribution in [-0.4, -0.2) is 21.1 Å². The molecule has 1 aromatic heterocycles. The summed E-state index contributed by atoms with van der Waals surface area (Å²) < 4.78 is 0. The first-order valence-corrected chi connectivity index (χ1v) is 7.08. The molecule has 1 aliphatic heterocycles. The number of aromatic nitrogens is 2. The molecule has 0 bridgehead atoms. The van der Waals surface area contributed by atoms with Gasteiger partial charge in [0.05, 0.1) is 34.9 Å². The third-order valence-corrected chi connectivity index (χ3v) is 4.21. The first-order valence-electron chi connectivity index (χ1n) is 7.08. The number of fused-ring (bicyclic) bond motifs is 1. The molecule has 0 spiro atoms. The average molecular weight is 298 g/mol. The van der Waals surface area contributed by atoms with E-state index in [2.05, 4.69) is 29.1 Å². The molecule has 0 fully saturated rings. The van der Waals surface area contributed by atoms with Crippen LogP contribution in [0.3, 0.4) is 0 Å². The maximum atomic E-state index is 11.8. The summed E-state index contributed by atoms with van der Waals surface area (Å²) in [4.78, 5) is 20.6. The summed E-state index contributed by atoms with van der Waals surface area (Å²) in [5.74, 6) is -0.532. The minimum absolute atomic E-state index is 0.0942. The number of carbonyl (C=O) groups is 1. The molecule has 2 aromatic rings.